The molecule has 0 spiro atoms. The highest BCUT2D eigenvalue weighted by Gasteiger charge is 2.50. The maximum absolute atomic E-state index is 13.4. The Bertz CT molecular complexity index is 1530. The molecule has 2 aliphatic heterocycles. The number of aliphatic hydroxyl groups excluding tert-OH is 1. The number of sulfonamides is 1. The second kappa shape index (κ2) is 13.6. The predicted octanol–water partition coefficient (Wildman–Crippen LogP) is 6.11. The number of methoxy groups -OCH3 is 1. The number of anilines is 1. The number of rotatable bonds is 5. The van der Waals surface area contributed by atoms with E-state index >= 15 is 0 Å². The predicted molar refractivity (Wildman–Crippen MR) is 179 cm³/mol. The number of halogens is 1. The fraction of sp³-hybridized carbons (Fsp3) is 0.571. The van der Waals surface area contributed by atoms with Crippen LogP contribution in [0.15, 0.2) is 48.6 Å². The molecule has 246 valence electrons. The number of fused-ring (bicyclic) bond motifs is 2. The molecule has 1 fully saturated rings. The molecule has 1 saturated carbocycles. The van der Waals surface area contributed by atoms with Gasteiger partial charge >= 0.3 is 0 Å². The van der Waals surface area contributed by atoms with Crippen LogP contribution in [0.25, 0.3) is 0 Å². The van der Waals surface area contributed by atoms with Gasteiger partial charge in [0.15, 0.2) is 0 Å². The molecule has 10 heteroatoms. The zero-order chi connectivity index (χ0) is 32.5. The second-order valence-electron chi connectivity index (χ2n) is 13.2. The van der Waals surface area contributed by atoms with Crippen LogP contribution >= 0.6 is 11.6 Å². The Hall–Kier alpha value is -2.59. The molecule has 0 saturated heterocycles. The van der Waals surface area contributed by atoms with Crippen LogP contribution in [0.4, 0.5) is 5.69 Å². The first kappa shape index (κ1) is 33.8. The second-order valence-corrected chi connectivity index (χ2v) is 15.6. The molecular formula is C35H47ClN2O6S. The normalized spacial score (nSPS) is 31.4. The van der Waals surface area contributed by atoms with Crippen molar-refractivity contribution in [3.05, 3.63) is 70.3 Å². The summed E-state index contributed by atoms with van der Waals surface area (Å²) < 4.78 is 41.5. The maximum atomic E-state index is 13.4. The van der Waals surface area contributed by atoms with Crippen LogP contribution in [0.3, 0.4) is 0 Å². The molecule has 7 unspecified atom stereocenters. The molecule has 2 aromatic rings. The third-order valence-electron chi connectivity index (χ3n) is 10.4. The summed E-state index contributed by atoms with van der Waals surface area (Å²) in [4.78, 5) is 15.7. The third-order valence-corrected chi connectivity index (χ3v) is 12.5. The van der Waals surface area contributed by atoms with Gasteiger partial charge < -0.3 is 19.5 Å². The van der Waals surface area contributed by atoms with Crippen LogP contribution in [0.2, 0.25) is 5.02 Å². The lowest BCUT2D eigenvalue weighted by molar-refractivity contribution is -0.136. The van der Waals surface area contributed by atoms with Crippen LogP contribution in [0, 0.1) is 17.8 Å². The van der Waals surface area contributed by atoms with Crippen molar-refractivity contribution in [2.45, 2.75) is 82.7 Å². The summed E-state index contributed by atoms with van der Waals surface area (Å²) in [5.74, 6) is 0.000296. The molecule has 2 aromatic carbocycles. The zero-order valence-electron chi connectivity index (χ0n) is 27.0. The summed E-state index contributed by atoms with van der Waals surface area (Å²) in [7, 11) is -2.32. The van der Waals surface area contributed by atoms with Crippen LogP contribution in [-0.4, -0.2) is 63.2 Å². The van der Waals surface area contributed by atoms with Crippen molar-refractivity contribution in [2.75, 3.05) is 31.7 Å². The number of allylic oxidation sites excluding steroid dienone is 1. The van der Waals surface area contributed by atoms with E-state index in [1.54, 1.807) is 39.2 Å². The number of hydrogen-bond acceptors (Lipinski definition) is 7. The van der Waals surface area contributed by atoms with E-state index in [2.05, 4.69) is 22.6 Å². The summed E-state index contributed by atoms with van der Waals surface area (Å²) in [5, 5.41) is 11.0. The Morgan fingerprint density at radius 2 is 1.96 bits per heavy atom. The quantitative estimate of drug-likeness (QED) is 0.374. The number of carbonyl (C=O) groups excluding carboxylic acids is 1. The molecular weight excluding hydrogens is 612 g/mol. The van der Waals surface area contributed by atoms with Crippen molar-refractivity contribution in [1.82, 2.24) is 4.72 Å². The number of hydrogen-bond donors (Lipinski definition) is 2. The van der Waals surface area contributed by atoms with Gasteiger partial charge in [-0.3, -0.25) is 4.79 Å². The lowest BCUT2D eigenvalue weighted by atomic mass is 9.62. The van der Waals surface area contributed by atoms with Crippen molar-refractivity contribution >= 4 is 33.2 Å². The average Bonchev–Trinajstić information content (AvgIpc) is 3.16. The Balaban J connectivity index is 1.60. The minimum atomic E-state index is -3.96. The topological polar surface area (TPSA) is 105 Å². The van der Waals surface area contributed by atoms with Crippen molar-refractivity contribution in [1.29, 1.82) is 0 Å². The minimum Gasteiger partial charge on any atom is -0.491 e. The SMILES string of the molecule is CCCc1cc(Cl)ccc1C1COc2ccc3cc2N(C1)CC1CCC1C(OC)(C(C)O)/C=C/CC(C)C(C)S(=O)(=O)NC3=O. The molecule has 0 radical (unpaired) electrons. The van der Waals surface area contributed by atoms with Gasteiger partial charge in [0.2, 0.25) is 10.0 Å². The molecule has 2 heterocycles. The number of carbonyl (C=O) groups is 1. The van der Waals surface area contributed by atoms with E-state index in [1.807, 2.05) is 31.2 Å². The molecule has 7 atom stereocenters. The highest BCUT2D eigenvalue weighted by molar-refractivity contribution is 7.90. The van der Waals surface area contributed by atoms with Crippen molar-refractivity contribution < 1.29 is 27.8 Å². The van der Waals surface area contributed by atoms with Gasteiger partial charge in [0.25, 0.3) is 5.91 Å². The van der Waals surface area contributed by atoms with Crippen molar-refractivity contribution in [2.24, 2.45) is 17.8 Å². The molecule has 2 bridgehead atoms. The smallest absolute Gasteiger partial charge is 0.264 e. The van der Waals surface area contributed by atoms with Crippen molar-refractivity contribution in [3.63, 3.8) is 0 Å². The minimum absolute atomic E-state index is 0.0316. The Labute approximate surface area is 273 Å². The van der Waals surface area contributed by atoms with Gasteiger partial charge in [-0.2, -0.15) is 0 Å². The summed E-state index contributed by atoms with van der Waals surface area (Å²) in [5.41, 5.74) is 2.49. The van der Waals surface area contributed by atoms with Gasteiger partial charge in [-0.15, -0.1) is 0 Å². The Morgan fingerprint density at radius 3 is 2.62 bits per heavy atom. The maximum Gasteiger partial charge on any atom is 0.264 e. The van der Waals surface area contributed by atoms with Crippen LogP contribution < -0.4 is 14.4 Å². The van der Waals surface area contributed by atoms with E-state index in [9.17, 15) is 18.3 Å². The van der Waals surface area contributed by atoms with E-state index in [1.165, 1.54) is 11.1 Å². The number of nitrogens with zero attached hydrogens (tertiary/aromatic N) is 1. The molecule has 3 aliphatic rings. The monoisotopic (exact) mass is 658 g/mol. The van der Waals surface area contributed by atoms with E-state index in [-0.39, 0.29) is 29.2 Å². The van der Waals surface area contributed by atoms with Gasteiger partial charge in [0, 0.05) is 36.7 Å². The van der Waals surface area contributed by atoms with Crippen LogP contribution in [-0.2, 0) is 21.2 Å². The molecule has 45 heavy (non-hydrogen) atoms. The average molecular weight is 659 g/mol. The van der Waals surface area contributed by atoms with Crippen LogP contribution in [0.1, 0.15) is 80.8 Å². The zero-order valence-corrected chi connectivity index (χ0v) is 28.5. The largest absolute Gasteiger partial charge is 0.491 e. The number of nitrogens with one attached hydrogen (secondary N) is 1. The third kappa shape index (κ3) is 6.78. The van der Waals surface area contributed by atoms with E-state index in [0.29, 0.717) is 36.9 Å². The Kier molecular flexibility index (Phi) is 10.2. The lowest BCUT2D eigenvalue weighted by Gasteiger charge is -2.51. The van der Waals surface area contributed by atoms with E-state index < -0.39 is 32.9 Å². The first-order chi connectivity index (χ1) is 21.4. The molecule has 0 aromatic heterocycles. The van der Waals surface area contributed by atoms with Crippen LogP contribution in [0.5, 0.6) is 5.75 Å². The van der Waals surface area contributed by atoms with Gasteiger partial charge in [-0.1, -0.05) is 50.1 Å². The molecule has 5 rings (SSSR count). The first-order valence-corrected chi connectivity index (χ1v) is 18.1. The summed E-state index contributed by atoms with van der Waals surface area (Å²) in [6, 6.07) is 11.2. The number of aliphatic hydroxyl groups is 1. The van der Waals surface area contributed by atoms with Gasteiger partial charge in [0.05, 0.1) is 23.6 Å². The van der Waals surface area contributed by atoms with Gasteiger partial charge in [-0.25, -0.2) is 13.1 Å². The van der Waals surface area contributed by atoms with E-state index in [4.69, 9.17) is 21.1 Å². The number of ether oxygens (including phenoxy) is 2. The molecule has 2 N–H and O–H groups in total. The summed E-state index contributed by atoms with van der Waals surface area (Å²) in [6.45, 7) is 9.14. The standard InChI is InChI=1S/C35H47ClN2O6S/c1-6-8-25-17-29(36)12-13-30(25)28-20-38-19-27-10-14-31(27)35(43-5,24(4)39)16-7-9-22(2)23(3)45(41,42)37-34(40)26-11-15-33(44-21-28)32(38)18-26/h7,11-13,15-18,22-24,27-28,31,39H,6,8-10,14,19-21H2,1-5H3,(H,37,40)/b16-7+. The molecule has 1 amide bonds. The molecule has 1 aliphatic carbocycles. The Morgan fingerprint density at radius 1 is 1.18 bits per heavy atom. The lowest BCUT2D eigenvalue weighted by Crippen LogP contribution is -2.56. The fourth-order valence-corrected chi connectivity index (χ4v) is 8.81. The number of aryl methyl sites for hydroxylation is 1. The number of amides is 1. The van der Waals surface area contributed by atoms with Gasteiger partial charge in [0.1, 0.15) is 11.4 Å². The molecule has 8 nitrogen and oxygen atoms in total. The van der Waals surface area contributed by atoms with Gasteiger partial charge in [-0.05, 0) is 98.7 Å². The van der Waals surface area contributed by atoms with Crippen molar-refractivity contribution in [3.8, 4) is 5.75 Å². The summed E-state index contributed by atoms with van der Waals surface area (Å²) in [6.07, 6.45) is 7.32. The highest BCUT2D eigenvalue weighted by atomic mass is 35.5. The first-order valence-electron chi connectivity index (χ1n) is 16.2. The summed E-state index contributed by atoms with van der Waals surface area (Å²) >= 11 is 6.41. The highest BCUT2D eigenvalue weighted by Crippen LogP contribution is 2.48. The van der Waals surface area contributed by atoms with E-state index in [0.717, 1.165) is 31.4 Å². The number of benzene rings is 2. The fourth-order valence-electron chi connectivity index (χ4n) is 7.33.